The number of aromatic nitrogens is 3. The van der Waals surface area contributed by atoms with E-state index < -0.39 is 0 Å². The van der Waals surface area contributed by atoms with Gasteiger partial charge in [0, 0.05) is 23.9 Å². The molecule has 4 rings (SSSR count). The summed E-state index contributed by atoms with van der Waals surface area (Å²) in [5.41, 5.74) is 2.08. The Labute approximate surface area is 172 Å². The SMILES string of the molecule is CCCCSc1nc2c(sc3ncccc32)c(=O)n1C[C@H](C)c1ccccc1. The fourth-order valence-electron chi connectivity index (χ4n) is 3.28. The molecule has 0 fully saturated rings. The molecule has 4 nitrogen and oxygen atoms in total. The van der Waals surface area contributed by atoms with E-state index in [4.69, 9.17) is 4.98 Å². The molecule has 0 aliphatic rings. The number of unbranched alkanes of at least 4 members (excludes halogenated alkanes) is 1. The molecule has 0 radical (unpaired) electrons. The number of rotatable bonds is 7. The molecule has 0 saturated heterocycles. The number of hydrogen-bond acceptors (Lipinski definition) is 5. The third-order valence-corrected chi connectivity index (χ3v) is 7.03. The van der Waals surface area contributed by atoms with Gasteiger partial charge >= 0.3 is 0 Å². The van der Waals surface area contributed by atoms with E-state index in [1.54, 1.807) is 18.0 Å². The van der Waals surface area contributed by atoms with E-state index in [0.717, 1.165) is 39.5 Å². The number of benzene rings is 1. The minimum absolute atomic E-state index is 0.0507. The van der Waals surface area contributed by atoms with Crippen LogP contribution < -0.4 is 5.56 Å². The van der Waals surface area contributed by atoms with Crippen molar-refractivity contribution < 1.29 is 0 Å². The van der Waals surface area contributed by atoms with E-state index in [2.05, 4.69) is 31.0 Å². The van der Waals surface area contributed by atoms with E-state index >= 15 is 0 Å². The fraction of sp³-hybridized carbons (Fsp3) is 0.318. The van der Waals surface area contributed by atoms with Gasteiger partial charge in [-0.1, -0.05) is 62.4 Å². The lowest BCUT2D eigenvalue weighted by atomic mass is 10.0. The Balaban J connectivity index is 1.82. The number of nitrogens with zero attached hydrogens (tertiary/aromatic N) is 3. The highest BCUT2D eigenvalue weighted by Gasteiger charge is 2.18. The van der Waals surface area contributed by atoms with Gasteiger partial charge < -0.3 is 0 Å². The zero-order valence-electron chi connectivity index (χ0n) is 16.1. The Morgan fingerprint density at radius 2 is 2.00 bits per heavy atom. The van der Waals surface area contributed by atoms with Crippen LogP contribution in [0.1, 0.15) is 38.2 Å². The van der Waals surface area contributed by atoms with Crippen molar-refractivity contribution in [3.63, 3.8) is 0 Å². The van der Waals surface area contributed by atoms with Gasteiger partial charge in [-0.2, -0.15) is 0 Å². The maximum atomic E-state index is 13.4. The minimum Gasteiger partial charge on any atom is -0.286 e. The van der Waals surface area contributed by atoms with Crippen LogP contribution in [0.25, 0.3) is 20.4 Å². The summed E-state index contributed by atoms with van der Waals surface area (Å²) in [4.78, 5) is 23.7. The molecule has 3 heterocycles. The van der Waals surface area contributed by atoms with Crippen molar-refractivity contribution in [2.24, 2.45) is 0 Å². The van der Waals surface area contributed by atoms with Crippen LogP contribution in [0, 0.1) is 0 Å². The van der Waals surface area contributed by atoms with Gasteiger partial charge in [0.1, 0.15) is 9.53 Å². The Morgan fingerprint density at radius 1 is 1.18 bits per heavy atom. The summed E-state index contributed by atoms with van der Waals surface area (Å²) in [6.07, 6.45) is 4.01. The van der Waals surface area contributed by atoms with Gasteiger partial charge in [-0.05, 0) is 30.0 Å². The molecule has 0 amide bonds. The molecule has 1 aromatic carbocycles. The van der Waals surface area contributed by atoms with Crippen LogP contribution in [0.15, 0.2) is 58.6 Å². The molecule has 0 N–H and O–H groups in total. The third kappa shape index (κ3) is 3.71. The van der Waals surface area contributed by atoms with Gasteiger partial charge in [-0.15, -0.1) is 11.3 Å². The average molecular weight is 410 g/mol. The molecule has 144 valence electrons. The second-order valence-electron chi connectivity index (χ2n) is 6.96. The van der Waals surface area contributed by atoms with Crippen molar-refractivity contribution in [1.82, 2.24) is 14.5 Å². The summed E-state index contributed by atoms with van der Waals surface area (Å²) in [7, 11) is 0. The number of hydrogen-bond donors (Lipinski definition) is 0. The predicted molar refractivity (Wildman–Crippen MR) is 120 cm³/mol. The first-order valence-corrected chi connectivity index (χ1v) is 11.4. The van der Waals surface area contributed by atoms with E-state index in [0.29, 0.717) is 11.2 Å². The lowest BCUT2D eigenvalue weighted by molar-refractivity contribution is 0.532. The molecule has 0 spiro atoms. The molecule has 3 aromatic heterocycles. The molecule has 0 aliphatic heterocycles. The van der Waals surface area contributed by atoms with E-state index in [9.17, 15) is 4.79 Å². The van der Waals surface area contributed by atoms with Crippen LogP contribution in [0.3, 0.4) is 0 Å². The Kier molecular flexibility index (Phi) is 5.78. The van der Waals surface area contributed by atoms with Crippen LogP contribution in [0.5, 0.6) is 0 Å². The van der Waals surface area contributed by atoms with E-state index in [1.807, 2.05) is 34.9 Å². The fourth-order valence-corrected chi connectivity index (χ4v) is 5.40. The second kappa shape index (κ2) is 8.45. The van der Waals surface area contributed by atoms with Crippen molar-refractivity contribution in [2.75, 3.05) is 5.75 Å². The molecule has 0 aliphatic carbocycles. The number of thioether (sulfide) groups is 1. The summed E-state index contributed by atoms with van der Waals surface area (Å²) < 4.78 is 2.57. The van der Waals surface area contributed by atoms with Crippen molar-refractivity contribution in [3.05, 3.63) is 64.6 Å². The molecule has 6 heteroatoms. The van der Waals surface area contributed by atoms with Crippen molar-refractivity contribution in [1.29, 1.82) is 0 Å². The van der Waals surface area contributed by atoms with Crippen molar-refractivity contribution >= 4 is 43.5 Å². The highest BCUT2D eigenvalue weighted by Crippen LogP contribution is 2.31. The monoisotopic (exact) mass is 409 g/mol. The van der Waals surface area contributed by atoms with E-state index in [1.165, 1.54) is 16.9 Å². The highest BCUT2D eigenvalue weighted by molar-refractivity contribution is 7.99. The first-order valence-electron chi connectivity index (χ1n) is 9.65. The Bertz CT molecular complexity index is 1150. The summed E-state index contributed by atoms with van der Waals surface area (Å²) >= 11 is 3.13. The van der Waals surface area contributed by atoms with Crippen LogP contribution >= 0.6 is 23.1 Å². The second-order valence-corrected chi connectivity index (χ2v) is 9.02. The van der Waals surface area contributed by atoms with Crippen LogP contribution in [-0.4, -0.2) is 20.3 Å². The first-order chi connectivity index (χ1) is 13.7. The zero-order valence-corrected chi connectivity index (χ0v) is 17.7. The molecule has 4 aromatic rings. The van der Waals surface area contributed by atoms with Crippen molar-refractivity contribution in [3.8, 4) is 0 Å². The molecule has 28 heavy (non-hydrogen) atoms. The lowest BCUT2D eigenvalue weighted by Gasteiger charge is -2.17. The van der Waals surface area contributed by atoms with Gasteiger partial charge in [0.05, 0.1) is 5.52 Å². The third-order valence-electron chi connectivity index (χ3n) is 4.87. The average Bonchev–Trinajstić information content (AvgIpc) is 3.10. The lowest BCUT2D eigenvalue weighted by Crippen LogP contribution is -2.25. The molecule has 0 bridgehead atoms. The molecule has 0 saturated carbocycles. The van der Waals surface area contributed by atoms with Gasteiger partial charge in [-0.3, -0.25) is 9.36 Å². The van der Waals surface area contributed by atoms with Crippen molar-refractivity contribution in [2.45, 2.75) is 44.3 Å². The van der Waals surface area contributed by atoms with Crippen LogP contribution in [0.4, 0.5) is 0 Å². The molecular weight excluding hydrogens is 386 g/mol. The zero-order chi connectivity index (χ0) is 19.5. The molecule has 1 atom stereocenters. The highest BCUT2D eigenvalue weighted by atomic mass is 32.2. The van der Waals surface area contributed by atoms with Gasteiger partial charge in [0.15, 0.2) is 5.16 Å². The van der Waals surface area contributed by atoms with E-state index in [-0.39, 0.29) is 11.5 Å². The predicted octanol–water partition coefficient (Wildman–Crippen LogP) is 5.70. The summed E-state index contributed by atoms with van der Waals surface area (Å²) in [6.45, 7) is 4.97. The Morgan fingerprint density at radius 3 is 2.79 bits per heavy atom. The largest absolute Gasteiger partial charge is 0.286 e. The maximum absolute atomic E-state index is 13.4. The minimum atomic E-state index is 0.0507. The summed E-state index contributed by atoms with van der Waals surface area (Å²) in [5, 5.41) is 1.79. The maximum Gasteiger partial charge on any atom is 0.272 e. The topological polar surface area (TPSA) is 47.8 Å². The molecular formula is C22H23N3OS2. The van der Waals surface area contributed by atoms with Crippen LogP contribution in [0.2, 0.25) is 0 Å². The number of fused-ring (bicyclic) bond motifs is 3. The molecule has 0 unspecified atom stereocenters. The smallest absolute Gasteiger partial charge is 0.272 e. The standard InChI is InChI=1S/C22H23N3OS2/c1-3-4-13-27-22-24-18-17-11-8-12-23-20(17)28-19(18)21(26)25(22)14-15(2)16-9-6-5-7-10-16/h5-12,15H,3-4,13-14H2,1-2H3/t15-/m0/s1. The van der Waals surface area contributed by atoms with Gasteiger partial charge in [-0.25, -0.2) is 9.97 Å². The summed E-state index contributed by atoms with van der Waals surface area (Å²) in [6, 6.07) is 14.3. The quantitative estimate of drug-likeness (QED) is 0.223. The normalized spacial score (nSPS) is 12.6. The first kappa shape index (κ1) is 19.2. The number of thiophene rings is 1. The Hall–Kier alpha value is -2.18. The van der Waals surface area contributed by atoms with Gasteiger partial charge in [0.25, 0.3) is 5.56 Å². The van der Waals surface area contributed by atoms with Gasteiger partial charge in [0.2, 0.25) is 0 Å². The number of pyridine rings is 1. The van der Waals surface area contributed by atoms with Crippen LogP contribution in [-0.2, 0) is 6.54 Å². The summed E-state index contributed by atoms with van der Waals surface area (Å²) in [5.74, 6) is 1.20.